The zero-order valence-electron chi connectivity index (χ0n) is 10.7. The van der Waals surface area contributed by atoms with E-state index in [-0.39, 0.29) is 18.0 Å². The highest BCUT2D eigenvalue weighted by atomic mass is 16.5. The van der Waals surface area contributed by atoms with Gasteiger partial charge in [-0.1, -0.05) is 23.8 Å². The lowest BCUT2D eigenvalue weighted by Crippen LogP contribution is -2.15. The van der Waals surface area contributed by atoms with E-state index in [0.29, 0.717) is 5.57 Å². The molecule has 17 heavy (non-hydrogen) atoms. The molecule has 1 aliphatic heterocycles. The van der Waals surface area contributed by atoms with Crippen LogP contribution in [0.5, 0.6) is 0 Å². The van der Waals surface area contributed by atoms with Gasteiger partial charge in [0.1, 0.15) is 6.10 Å². The number of hydrogen-bond donors (Lipinski definition) is 0. The van der Waals surface area contributed by atoms with Crippen LogP contribution in [0.2, 0.25) is 0 Å². The molecule has 0 N–H and O–H groups in total. The van der Waals surface area contributed by atoms with E-state index in [1.54, 1.807) is 0 Å². The van der Waals surface area contributed by atoms with Crippen molar-refractivity contribution in [2.45, 2.75) is 45.6 Å². The minimum absolute atomic E-state index is 0.0825. The molecule has 0 saturated carbocycles. The minimum Gasteiger partial charge on any atom is -0.454 e. The van der Waals surface area contributed by atoms with Crippen molar-refractivity contribution in [3.05, 3.63) is 35.5 Å². The van der Waals surface area contributed by atoms with Gasteiger partial charge in [0, 0.05) is 11.5 Å². The molecule has 1 heterocycles. The first-order valence-corrected chi connectivity index (χ1v) is 6.30. The first-order valence-electron chi connectivity index (χ1n) is 6.30. The second kappa shape index (κ2) is 4.91. The van der Waals surface area contributed by atoms with Crippen LogP contribution in [0.4, 0.5) is 0 Å². The fraction of sp³-hybridized carbons (Fsp3) is 0.533. The molecule has 0 aromatic heterocycles. The molecule has 2 heteroatoms. The van der Waals surface area contributed by atoms with Gasteiger partial charge in [-0.15, -0.1) is 0 Å². The molecule has 2 unspecified atom stereocenters. The Morgan fingerprint density at radius 3 is 2.82 bits per heavy atom. The fourth-order valence-electron chi connectivity index (χ4n) is 2.51. The second-order valence-electron chi connectivity index (χ2n) is 5.14. The highest BCUT2D eigenvalue weighted by molar-refractivity contribution is 5.91. The number of ether oxygens (including phenoxy) is 1. The van der Waals surface area contributed by atoms with Crippen LogP contribution in [-0.4, -0.2) is 12.1 Å². The molecule has 92 valence electrons. The summed E-state index contributed by atoms with van der Waals surface area (Å²) in [5, 5.41) is 0. The van der Waals surface area contributed by atoms with Crippen LogP contribution >= 0.6 is 0 Å². The van der Waals surface area contributed by atoms with E-state index >= 15 is 0 Å². The molecule has 2 aliphatic rings. The van der Waals surface area contributed by atoms with Crippen molar-refractivity contribution in [3.8, 4) is 0 Å². The van der Waals surface area contributed by atoms with Crippen molar-refractivity contribution >= 4 is 5.97 Å². The first kappa shape index (κ1) is 12.2. The van der Waals surface area contributed by atoms with Crippen molar-refractivity contribution in [1.82, 2.24) is 0 Å². The number of hydrogen-bond acceptors (Lipinski definition) is 2. The van der Waals surface area contributed by atoms with Crippen molar-refractivity contribution in [2.24, 2.45) is 5.92 Å². The zero-order chi connectivity index (χ0) is 12.4. The Morgan fingerprint density at radius 1 is 1.29 bits per heavy atom. The van der Waals surface area contributed by atoms with E-state index in [2.05, 4.69) is 32.6 Å². The van der Waals surface area contributed by atoms with E-state index in [9.17, 15) is 4.79 Å². The number of rotatable bonds is 0. The molecule has 0 aromatic rings. The van der Waals surface area contributed by atoms with Gasteiger partial charge in [-0.25, -0.2) is 4.79 Å². The van der Waals surface area contributed by atoms with E-state index in [1.165, 1.54) is 11.1 Å². The van der Waals surface area contributed by atoms with Crippen molar-refractivity contribution in [1.29, 1.82) is 0 Å². The lowest BCUT2D eigenvalue weighted by atomic mass is 9.88. The van der Waals surface area contributed by atoms with Gasteiger partial charge >= 0.3 is 5.97 Å². The lowest BCUT2D eigenvalue weighted by Gasteiger charge is -2.17. The van der Waals surface area contributed by atoms with E-state index in [4.69, 9.17) is 4.74 Å². The summed E-state index contributed by atoms with van der Waals surface area (Å²) in [7, 11) is 0. The zero-order valence-corrected chi connectivity index (χ0v) is 10.7. The molecule has 2 nitrogen and oxygen atoms in total. The molecule has 2 atom stereocenters. The molecule has 1 saturated heterocycles. The van der Waals surface area contributed by atoms with Crippen LogP contribution < -0.4 is 0 Å². The lowest BCUT2D eigenvalue weighted by molar-refractivity contribution is -0.137. The Hall–Kier alpha value is -1.31. The summed E-state index contributed by atoms with van der Waals surface area (Å²) in [4.78, 5) is 11.6. The molecule has 1 aliphatic carbocycles. The second-order valence-corrected chi connectivity index (χ2v) is 5.14. The molecule has 0 radical (unpaired) electrons. The van der Waals surface area contributed by atoms with Crippen molar-refractivity contribution < 1.29 is 9.53 Å². The third kappa shape index (κ3) is 2.68. The summed E-state index contributed by atoms with van der Waals surface area (Å²) in [6.07, 6.45) is 8.45. The number of fused-ring (bicyclic) bond motifs is 1. The predicted molar refractivity (Wildman–Crippen MR) is 68.5 cm³/mol. The first-order chi connectivity index (χ1) is 8.08. The molecular weight excluding hydrogens is 212 g/mol. The number of allylic oxidation sites excluding steroid dienone is 3. The Kier molecular flexibility index (Phi) is 3.51. The average Bonchev–Trinajstić information content (AvgIpc) is 2.52. The summed E-state index contributed by atoms with van der Waals surface area (Å²) in [5.41, 5.74) is 3.35. The molecule has 0 bridgehead atoms. The monoisotopic (exact) mass is 232 g/mol. The minimum atomic E-state index is -0.218. The maximum absolute atomic E-state index is 11.6. The van der Waals surface area contributed by atoms with E-state index in [1.807, 2.05) is 0 Å². The van der Waals surface area contributed by atoms with E-state index in [0.717, 1.165) is 25.7 Å². The third-order valence-corrected chi connectivity index (χ3v) is 3.68. The van der Waals surface area contributed by atoms with Crippen LogP contribution in [0.25, 0.3) is 0 Å². The molecule has 1 fully saturated rings. The van der Waals surface area contributed by atoms with Gasteiger partial charge in [-0.05, 0) is 45.6 Å². The highest BCUT2D eigenvalue weighted by Gasteiger charge is 2.36. The summed E-state index contributed by atoms with van der Waals surface area (Å²) >= 11 is 0. The van der Waals surface area contributed by atoms with Crippen LogP contribution in [0.15, 0.2) is 35.5 Å². The normalized spacial score (nSPS) is 36.4. The van der Waals surface area contributed by atoms with E-state index < -0.39 is 0 Å². The standard InChI is InChI=1S/C15H20O2/c1-10-5-4-6-11(2)9-14-13(8-7-10)12(3)15(16)17-14/h5,9,13-14H,3-4,6-8H2,1-2H3/b10-5-,11-9+. The van der Waals surface area contributed by atoms with Crippen molar-refractivity contribution in [2.75, 3.05) is 0 Å². The van der Waals surface area contributed by atoms with Crippen LogP contribution in [0.3, 0.4) is 0 Å². The average molecular weight is 232 g/mol. The largest absolute Gasteiger partial charge is 0.454 e. The Balaban J connectivity index is 2.24. The molecule has 0 spiro atoms. The van der Waals surface area contributed by atoms with Crippen molar-refractivity contribution in [3.63, 3.8) is 0 Å². The number of carbonyl (C=O) groups excluding carboxylic acids is 1. The van der Waals surface area contributed by atoms with Gasteiger partial charge in [0.15, 0.2) is 0 Å². The maximum atomic E-state index is 11.6. The highest BCUT2D eigenvalue weighted by Crippen LogP contribution is 2.33. The van der Waals surface area contributed by atoms with Gasteiger partial charge in [-0.2, -0.15) is 0 Å². The molecule has 0 aromatic carbocycles. The smallest absolute Gasteiger partial charge is 0.334 e. The van der Waals surface area contributed by atoms with Gasteiger partial charge in [0.2, 0.25) is 0 Å². The predicted octanol–water partition coefficient (Wildman–Crippen LogP) is 3.55. The summed E-state index contributed by atoms with van der Waals surface area (Å²) in [6.45, 7) is 8.14. The Morgan fingerprint density at radius 2 is 2.06 bits per heavy atom. The molecule has 0 amide bonds. The number of esters is 1. The van der Waals surface area contributed by atoms with Crippen LogP contribution in [0, 0.1) is 5.92 Å². The molecular formula is C15H20O2. The molecule has 2 rings (SSSR count). The number of carbonyl (C=O) groups is 1. The topological polar surface area (TPSA) is 26.3 Å². The Bertz CT molecular complexity index is 401. The summed E-state index contributed by atoms with van der Waals surface area (Å²) < 4.78 is 5.38. The Labute approximate surface area is 103 Å². The van der Waals surface area contributed by atoms with Crippen LogP contribution in [0.1, 0.15) is 39.5 Å². The van der Waals surface area contributed by atoms with Gasteiger partial charge in [0.25, 0.3) is 0 Å². The van der Waals surface area contributed by atoms with Crippen LogP contribution in [-0.2, 0) is 9.53 Å². The van der Waals surface area contributed by atoms with Gasteiger partial charge in [-0.3, -0.25) is 0 Å². The van der Waals surface area contributed by atoms with Gasteiger partial charge in [0.05, 0.1) is 0 Å². The van der Waals surface area contributed by atoms with Gasteiger partial charge < -0.3 is 4.74 Å². The SMILES string of the molecule is C=C1C(=O)OC2/C=C(\C)CC/C=C(/C)CCC12. The maximum Gasteiger partial charge on any atom is 0.334 e. The fourth-order valence-corrected chi connectivity index (χ4v) is 2.51. The summed E-state index contributed by atoms with van der Waals surface area (Å²) in [5.74, 6) is -0.0520. The third-order valence-electron chi connectivity index (χ3n) is 3.68. The quantitative estimate of drug-likeness (QED) is 0.363. The summed E-state index contributed by atoms with van der Waals surface area (Å²) in [6, 6.07) is 0.